The van der Waals surface area contributed by atoms with Gasteiger partial charge in [-0.3, -0.25) is 0 Å². The topological polar surface area (TPSA) is 67.3 Å². The van der Waals surface area contributed by atoms with Crippen molar-refractivity contribution in [3.05, 3.63) is 16.1 Å². The second kappa shape index (κ2) is 5.02. The Morgan fingerprint density at radius 3 is 2.63 bits per heavy atom. The average Bonchev–Trinajstić information content (AvgIpc) is 2.76. The van der Waals surface area contributed by atoms with Crippen molar-refractivity contribution in [1.82, 2.24) is 4.98 Å². The summed E-state index contributed by atoms with van der Waals surface area (Å²) >= 11 is 0.292. The molecule has 2 atom stereocenters. The summed E-state index contributed by atoms with van der Waals surface area (Å²) in [7, 11) is -3.45. The van der Waals surface area contributed by atoms with Gasteiger partial charge in [0.25, 0.3) is 0 Å². The van der Waals surface area contributed by atoms with E-state index in [4.69, 9.17) is 0 Å². The molecule has 2 heterocycles. The molecule has 9 heteroatoms. The van der Waals surface area contributed by atoms with Gasteiger partial charge in [-0.2, -0.15) is 13.2 Å². The van der Waals surface area contributed by atoms with Gasteiger partial charge in [0.05, 0.1) is 15.9 Å². The molecular formula is C10H12F3NO3S2. The molecule has 19 heavy (non-hydrogen) atoms. The molecule has 2 rings (SSSR count). The van der Waals surface area contributed by atoms with Gasteiger partial charge in [0.15, 0.2) is 14.8 Å². The smallest absolute Gasteiger partial charge is 0.386 e. The molecule has 1 aromatic heterocycles. The van der Waals surface area contributed by atoms with Crippen LogP contribution in [0.3, 0.4) is 0 Å². The van der Waals surface area contributed by atoms with E-state index in [2.05, 4.69) is 4.98 Å². The van der Waals surface area contributed by atoms with Crippen LogP contribution in [0, 0.1) is 0 Å². The monoisotopic (exact) mass is 315 g/mol. The zero-order chi connectivity index (χ0) is 14.3. The molecule has 4 nitrogen and oxygen atoms in total. The van der Waals surface area contributed by atoms with Crippen molar-refractivity contribution in [1.29, 1.82) is 0 Å². The minimum Gasteiger partial charge on any atom is -0.386 e. The van der Waals surface area contributed by atoms with Crippen molar-refractivity contribution < 1.29 is 26.7 Å². The molecule has 1 fully saturated rings. The Morgan fingerprint density at radius 2 is 2.11 bits per heavy atom. The lowest BCUT2D eigenvalue weighted by Gasteiger charge is -2.25. The van der Waals surface area contributed by atoms with Crippen LogP contribution < -0.4 is 0 Å². The third-order valence-corrected chi connectivity index (χ3v) is 6.43. The van der Waals surface area contributed by atoms with E-state index in [1.165, 1.54) is 0 Å². The first-order valence-corrected chi connectivity index (χ1v) is 8.17. The van der Waals surface area contributed by atoms with E-state index in [9.17, 15) is 26.7 Å². The van der Waals surface area contributed by atoms with Gasteiger partial charge in [0.2, 0.25) is 0 Å². The highest BCUT2D eigenvalue weighted by atomic mass is 32.2. The van der Waals surface area contributed by atoms with Crippen LogP contribution in [0.5, 0.6) is 0 Å². The predicted molar refractivity (Wildman–Crippen MR) is 63.5 cm³/mol. The number of alkyl halides is 3. The van der Waals surface area contributed by atoms with Crippen LogP contribution in [0.25, 0.3) is 0 Å². The predicted octanol–water partition coefficient (Wildman–Crippen LogP) is 2.16. The third-order valence-electron chi connectivity index (χ3n) is 3.04. The number of aromatic nitrogens is 1. The van der Waals surface area contributed by atoms with Gasteiger partial charge in [-0.15, -0.1) is 11.3 Å². The molecule has 1 N–H and O–H groups in total. The molecule has 0 bridgehead atoms. The number of hydrogen-bond donors (Lipinski definition) is 1. The summed E-state index contributed by atoms with van der Waals surface area (Å²) in [6, 6.07) is 0. The second-order valence-corrected chi connectivity index (χ2v) is 7.81. The first kappa shape index (κ1) is 14.7. The fourth-order valence-electron chi connectivity index (χ4n) is 2.07. The van der Waals surface area contributed by atoms with Gasteiger partial charge in [0.1, 0.15) is 6.10 Å². The molecule has 0 aliphatic carbocycles. The van der Waals surface area contributed by atoms with E-state index >= 15 is 0 Å². The van der Waals surface area contributed by atoms with Crippen LogP contribution in [0.1, 0.15) is 35.3 Å². The summed E-state index contributed by atoms with van der Waals surface area (Å²) in [6.45, 7) is 0. The largest absolute Gasteiger partial charge is 0.443 e. The molecular weight excluding hydrogens is 303 g/mol. The van der Waals surface area contributed by atoms with Gasteiger partial charge in [-0.05, 0) is 12.8 Å². The van der Waals surface area contributed by atoms with E-state index in [1.54, 1.807) is 0 Å². The molecule has 0 aromatic carbocycles. The second-order valence-electron chi connectivity index (χ2n) is 4.41. The highest BCUT2D eigenvalue weighted by Crippen LogP contribution is 2.37. The lowest BCUT2D eigenvalue weighted by molar-refractivity contribution is -0.137. The quantitative estimate of drug-likeness (QED) is 0.908. The van der Waals surface area contributed by atoms with Crippen LogP contribution in [0.2, 0.25) is 0 Å². The van der Waals surface area contributed by atoms with Crippen molar-refractivity contribution in [2.75, 3.05) is 5.75 Å². The van der Waals surface area contributed by atoms with Gasteiger partial charge in [0, 0.05) is 6.20 Å². The average molecular weight is 315 g/mol. The number of aliphatic hydroxyl groups is 1. The van der Waals surface area contributed by atoms with Gasteiger partial charge < -0.3 is 5.11 Å². The first-order valence-electron chi connectivity index (χ1n) is 5.64. The van der Waals surface area contributed by atoms with Crippen molar-refractivity contribution in [2.45, 2.75) is 36.8 Å². The van der Waals surface area contributed by atoms with Gasteiger partial charge in [-0.25, -0.2) is 13.4 Å². The van der Waals surface area contributed by atoms with Crippen LogP contribution >= 0.6 is 11.3 Å². The van der Waals surface area contributed by atoms with Crippen LogP contribution in [0.15, 0.2) is 6.20 Å². The summed E-state index contributed by atoms with van der Waals surface area (Å²) in [5, 5.41) is 7.88. The highest BCUT2D eigenvalue weighted by Gasteiger charge is 2.39. The molecule has 0 amide bonds. The third kappa shape index (κ3) is 3.09. The Hall–Kier alpha value is -0.670. The van der Waals surface area contributed by atoms with E-state index < -0.39 is 32.4 Å². The molecule has 1 aromatic rings. The lowest BCUT2D eigenvalue weighted by atomic mass is 10.1. The van der Waals surface area contributed by atoms with E-state index in [0.29, 0.717) is 24.2 Å². The number of thiazole rings is 1. The molecule has 1 aliphatic rings. The maximum atomic E-state index is 12.4. The maximum absolute atomic E-state index is 12.4. The normalized spacial score (nSPS) is 25.2. The fourth-order valence-corrected chi connectivity index (χ4v) is 4.97. The highest BCUT2D eigenvalue weighted by molar-refractivity contribution is 7.92. The zero-order valence-electron chi connectivity index (χ0n) is 9.72. The summed E-state index contributed by atoms with van der Waals surface area (Å²) in [5.74, 6) is -0.0281. The minimum absolute atomic E-state index is 0.0281. The zero-order valence-corrected chi connectivity index (χ0v) is 11.4. The standard InChI is InChI=1S/C10H12F3NO3S2/c11-10(12,13)9-14-5-6(18-9)8(15)7-3-1-2-4-19(7,16)17/h5,7-8,15H,1-4H2. The van der Waals surface area contributed by atoms with Crippen LogP contribution in [-0.4, -0.2) is 29.5 Å². The van der Waals surface area contributed by atoms with E-state index in [1.807, 2.05) is 0 Å². The van der Waals surface area contributed by atoms with E-state index in [-0.39, 0.29) is 17.1 Å². The SMILES string of the molecule is O=S1(=O)CCCCC1C(O)c1cnc(C(F)(F)F)s1. The van der Waals surface area contributed by atoms with Crippen molar-refractivity contribution in [3.63, 3.8) is 0 Å². The Kier molecular flexibility index (Phi) is 3.90. The number of sulfone groups is 1. The Labute approximate surface area is 112 Å². The number of nitrogens with zero attached hydrogens (tertiary/aromatic N) is 1. The number of halogens is 3. The van der Waals surface area contributed by atoms with Crippen LogP contribution in [0.4, 0.5) is 13.2 Å². The van der Waals surface area contributed by atoms with Gasteiger partial charge >= 0.3 is 6.18 Å². The molecule has 1 saturated heterocycles. The lowest BCUT2D eigenvalue weighted by Crippen LogP contribution is -2.33. The molecule has 0 saturated carbocycles. The Balaban J connectivity index is 2.24. The molecule has 108 valence electrons. The minimum atomic E-state index is -4.58. The fraction of sp³-hybridized carbons (Fsp3) is 0.700. The molecule has 1 aliphatic heterocycles. The van der Waals surface area contributed by atoms with Crippen molar-refractivity contribution in [2.24, 2.45) is 0 Å². The van der Waals surface area contributed by atoms with Gasteiger partial charge in [-0.1, -0.05) is 6.42 Å². The summed E-state index contributed by atoms with van der Waals surface area (Å²) in [4.78, 5) is 3.14. The summed E-state index contributed by atoms with van der Waals surface area (Å²) < 4.78 is 60.8. The molecule has 2 unspecified atom stereocenters. The van der Waals surface area contributed by atoms with Crippen LogP contribution in [-0.2, 0) is 16.0 Å². The maximum Gasteiger partial charge on any atom is 0.443 e. The Bertz CT molecular complexity index is 553. The van der Waals surface area contributed by atoms with Crippen molar-refractivity contribution in [3.8, 4) is 0 Å². The van der Waals surface area contributed by atoms with Crippen molar-refractivity contribution >= 4 is 21.2 Å². The number of aliphatic hydroxyl groups excluding tert-OH is 1. The summed E-state index contributed by atoms with van der Waals surface area (Å²) in [5.41, 5.74) is 0. The summed E-state index contributed by atoms with van der Waals surface area (Å²) in [6.07, 6.45) is -3.66. The van der Waals surface area contributed by atoms with E-state index in [0.717, 1.165) is 6.20 Å². The first-order chi connectivity index (χ1) is 8.72. The Morgan fingerprint density at radius 1 is 1.42 bits per heavy atom. The number of rotatable bonds is 2. The molecule has 0 spiro atoms. The number of hydrogen-bond acceptors (Lipinski definition) is 5. The molecule has 0 radical (unpaired) electrons.